The molecule has 2 aliphatic rings. The van der Waals surface area contributed by atoms with Gasteiger partial charge in [-0.25, -0.2) is 0 Å². The van der Waals surface area contributed by atoms with E-state index in [9.17, 15) is 4.79 Å². The maximum absolute atomic E-state index is 11.7. The van der Waals surface area contributed by atoms with Crippen LogP contribution < -0.4 is 0 Å². The van der Waals surface area contributed by atoms with Gasteiger partial charge in [-0.15, -0.1) is 0 Å². The van der Waals surface area contributed by atoms with Crippen molar-refractivity contribution in [3.05, 3.63) is 0 Å². The molecule has 1 saturated carbocycles. The first kappa shape index (κ1) is 12.1. The van der Waals surface area contributed by atoms with Crippen LogP contribution in [0.1, 0.15) is 32.1 Å². The van der Waals surface area contributed by atoms with E-state index in [4.69, 9.17) is 0 Å². The van der Waals surface area contributed by atoms with Crippen molar-refractivity contribution in [1.82, 2.24) is 9.80 Å². The van der Waals surface area contributed by atoms with Crippen LogP contribution in [0.5, 0.6) is 0 Å². The molecule has 0 amide bonds. The summed E-state index contributed by atoms with van der Waals surface area (Å²) >= 11 is 0. The molecule has 0 aromatic rings. The predicted octanol–water partition coefficient (Wildman–Crippen LogP) is 1.38. The van der Waals surface area contributed by atoms with Crippen molar-refractivity contribution in [1.29, 1.82) is 0 Å². The number of hydrogen-bond acceptors (Lipinski definition) is 3. The Bertz CT molecular complexity index is 246. The molecule has 0 spiro atoms. The summed E-state index contributed by atoms with van der Waals surface area (Å²) in [5.74, 6) is 1.27. The molecular formula is C13H24N2O. The van der Waals surface area contributed by atoms with Crippen LogP contribution in [0, 0.1) is 5.92 Å². The highest BCUT2D eigenvalue weighted by Gasteiger charge is 2.29. The van der Waals surface area contributed by atoms with E-state index in [0.29, 0.717) is 5.78 Å². The van der Waals surface area contributed by atoms with Crippen molar-refractivity contribution in [2.45, 2.75) is 38.1 Å². The van der Waals surface area contributed by atoms with E-state index in [-0.39, 0.29) is 6.04 Å². The zero-order valence-electron chi connectivity index (χ0n) is 10.6. The van der Waals surface area contributed by atoms with Gasteiger partial charge < -0.3 is 4.90 Å². The number of Topliss-reactive ketones (excluding diaryl/α,β-unsaturated/α-hetero) is 1. The summed E-state index contributed by atoms with van der Waals surface area (Å²) in [4.78, 5) is 16.4. The Labute approximate surface area is 98.8 Å². The van der Waals surface area contributed by atoms with Crippen LogP contribution in [-0.2, 0) is 4.79 Å². The Morgan fingerprint density at radius 1 is 1.31 bits per heavy atom. The lowest BCUT2D eigenvalue weighted by Crippen LogP contribution is -2.41. The number of carbonyl (C=O) groups is 1. The summed E-state index contributed by atoms with van der Waals surface area (Å²) in [7, 11) is 4.33. The summed E-state index contributed by atoms with van der Waals surface area (Å²) in [5, 5.41) is 0. The van der Waals surface area contributed by atoms with Gasteiger partial charge in [0.25, 0.3) is 0 Å². The smallest absolute Gasteiger partial charge is 0.149 e. The molecule has 1 atom stereocenters. The van der Waals surface area contributed by atoms with E-state index in [0.717, 1.165) is 31.7 Å². The number of ketones is 1. The van der Waals surface area contributed by atoms with Gasteiger partial charge in [-0.05, 0) is 58.8 Å². The van der Waals surface area contributed by atoms with Crippen LogP contribution in [0.3, 0.4) is 0 Å². The fraction of sp³-hybridized carbons (Fsp3) is 0.923. The predicted molar refractivity (Wildman–Crippen MR) is 65.5 cm³/mol. The molecule has 0 N–H and O–H groups in total. The number of carbonyl (C=O) groups excluding carboxylic acids is 1. The molecule has 1 aliphatic carbocycles. The topological polar surface area (TPSA) is 23.6 Å². The minimum Gasteiger partial charge on any atom is -0.306 e. The van der Waals surface area contributed by atoms with E-state index in [1.54, 1.807) is 0 Å². The molecule has 1 unspecified atom stereocenters. The first-order valence-corrected chi connectivity index (χ1v) is 6.58. The molecule has 3 heteroatoms. The third-order valence-corrected chi connectivity index (χ3v) is 4.19. The molecule has 16 heavy (non-hydrogen) atoms. The van der Waals surface area contributed by atoms with E-state index in [1.807, 2.05) is 0 Å². The third kappa shape index (κ3) is 2.83. The van der Waals surface area contributed by atoms with E-state index < -0.39 is 0 Å². The molecule has 1 heterocycles. The minimum atomic E-state index is 0.236. The zero-order valence-corrected chi connectivity index (χ0v) is 10.6. The van der Waals surface area contributed by atoms with Crippen molar-refractivity contribution < 1.29 is 4.79 Å². The van der Waals surface area contributed by atoms with Crippen LogP contribution >= 0.6 is 0 Å². The molecule has 0 aromatic carbocycles. The third-order valence-electron chi connectivity index (χ3n) is 4.19. The maximum atomic E-state index is 11.7. The summed E-state index contributed by atoms with van der Waals surface area (Å²) in [6.07, 6.45) is 5.58. The lowest BCUT2D eigenvalue weighted by Gasteiger charge is -2.33. The molecule has 3 nitrogen and oxygen atoms in total. The molecule has 0 bridgehead atoms. The van der Waals surface area contributed by atoms with Crippen molar-refractivity contribution in [3.8, 4) is 0 Å². The number of likely N-dealkylation sites (tertiary alicyclic amines) is 1. The average molecular weight is 224 g/mol. The van der Waals surface area contributed by atoms with Gasteiger partial charge in [-0.2, -0.15) is 0 Å². The minimum absolute atomic E-state index is 0.236. The first-order chi connectivity index (χ1) is 7.66. The Morgan fingerprint density at radius 2 is 2.00 bits per heavy atom. The maximum Gasteiger partial charge on any atom is 0.149 e. The quantitative estimate of drug-likeness (QED) is 0.723. The van der Waals surface area contributed by atoms with E-state index >= 15 is 0 Å². The van der Waals surface area contributed by atoms with Gasteiger partial charge in [0.2, 0.25) is 0 Å². The average Bonchev–Trinajstić information content (AvgIpc) is 2.68. The highest BCUT2D eigenvalue weighted by molar-refractivity contribution is 5.85. The van der Waals surface area contributed by atoms with Crippen LogP contribution in [0.2, 0.25) is 0 Å². The monoisotopic (exact) mass is 224 g/mol. The van der Waals surface area contributed by atoms with Crippen LogP contribution in [0.25, 0.3) is 0 Å². The van der Waals surface area contributed by atoms with Gasteiger partial charge in [-0.3, -0.25) is 9.69 Å². The molecule has 0 aromatic heterocycles. The SMILES string of the molecule is CN1CCC(CN(C)C2CCCC2=O)CC1. The van der Waals surface area contributed by atoms with Crippen LogP contribution in [-0.4, -0.2) is 55.4 Å². The van der Waals surface area contributed by atoms with Gasteiger partial charge >= 0.3 is 0 Å². The highest BCUT2D eigenvalue weighted by Crippen LogP contribution is 2.23. The van der Waals surface area contributed by atoms with E-state index in [1.165, 1.54) is 25.9 Å². The van der Waals surface area contributed by atoms with Crippen LogP contribution in [0.4, 0.5) is 0 Å². The number of piperidine rings is 1. The van der Waals surface area contributed by atoms with Gasteiger partial charge in [0.15, 0.2) is 0 Å². The summed E-state index contributed by atoms with van der Waals surface area (Å²) in [6, 6.07) is 0.236. The van der Waals surface area contributed by atoms with E-state index in [2.05, 4.69) is 23.9 Å². The normalized spacial score (nSPS) is 29.2. The largest absolute Gasteiger partial charge is 0.306 e. The fourth-order valence-corrected chi connectivity index (χ4v) is 3.04. The Morgan fingerprint density at radius 3 is 2.56 bits per heavy atom. The van der Waals surface area contributed by atoms with Crippen molar-refractivity contribution in [2.24, 2.45) is 5.92 Å². The Kier molecular flexibility index (Phi) is 3.98. The van der Waals surface area contributed by atoms with Gasteiger partial charge in [-0.1, -0.05) is 0 Å². The summed E-state index contributed by atoms with van der Waals surface area (Å²) in [5.41, 5.74) is 0. The van der Waals surface area contributed by atoms with Crippen molar-refractivity contribution in [3.63, 3.8) is 0 Å². The van der Waals surface area contributed by atoms with Gasteiger partial charge in [0.05, 0.1) is 6.04 Å². The molecule has 1 aliphatic heterocycles. The summed E-state index contributed by atoms with van der Waals surface area (Å²) in [6.45, 7) is 3.55. The molecule has 2 fully saturated rings. The lowest BCUT2D eigenvalue weighted by molar-refractivity contribution is -0.121. The molecule has 92 valence electrons. The second-order valence-electron chi connectivity index (χ2n) is 5.56. The molecule has 2 rings (SSSR count). The van der Waals surface area contributed by atoms with Gasteiger partial charge in [0, 0.05) is 13.0 Å². The summed E-state index contributed by atoms with van der Waals surface area (Å²) < 4.78 is 0. The Balaban J connectivity index is 1.78. The second-order valence-corrected chi connectivity index (χ2v) is 5.56. The number of rotatable bonds is 3. The number of nitrogens with zero attached hydrogens (tertiary/aromatic N) is 2. The molecular weight excluding hydrogens is 200 g/mol. The highest BCUT2D eigenvalue weighted by atomic mass is 16.1. The first-order valence-electron chi connectivity index (χ1n) is 6.58. The Hall–Kier alpha value is -0.410. The van der Waals surface area contributed by atoms with Crippen molar-refractivity contribution in [2.75, 3.05) is 33.7 Å². The fourth-order valence-electron chi connectivity index (χ4n) is 3.04. The lowest BCUT2D eigenvalue weighted by atomic mass is 9.96. The molecule has 0 radical (unpaired) electrons. The number of likely N-dealkylation sites (N-methyl/N-ethyl adjacent to an activating group) is 1. The van der Waals surface area contributed by atoms with Crippen molar-refractivity contribution >= 4 is 5.78 Å². The zero-order chi connectivity index (χ0) is 11.5. The van der Waals surface area contributed by atoms with Gasteiger partial charge in [0.1, 0.15) is 5.78 Å². The number of hydrogen-bond donors (Lipinski definition) is 0. The van der Waals surface area contributed by atoms with Crippen LogP contribution in [0.15, 0.2) is 0 Å². The standard InChI is InChI=1S/C13H24N2O/c1-14-8-6-11(7-9-14)10-15(2)12-4-3-5-13(12)16/h11-12H,3-10H2,1-2H3. The molecule has 1 saturated heterocycles. The second kappa shape index (κ2) is 5.28.